The molecule has 0 aliphatic carbocycles. The number of allylic oxidation sites excluding steroid dienone is 4. The van der Waals surface area contributed by atoms with Gasteiger partial charge in [-0.1, -0.05) is 169 Å². The van der Waals surface area contributed by atoms with Gasteiger partial charge >= 0.3 is 0 Å². The molecular formula is C54H59BN2. The Morgan fingerprint density at radius 3 is 1.46 bits per heavy atom. The van der Waals surface area contributed by atoms with E-state index in [-0.39, 0.29) is 10.8 Å². The normalized spacial score (nSPS) is 16.1. The number of benzene rings is 6. The molecule has 0 saturated carbocycles. The highest BCUT2D eigenvalue weighted by Gasteiger charge is 2.43. The van der Waals surface area contributed by atoms with Gasteiger partial charge in [-0.3, -0.25) is 0 Å². The van der Waals surface area contributed by atoms with Gasteiger partial charge in [-0.25, -0.2) is 0 Å². The van der Waals surface area contributed by atoms with Crippen LogP contribution < -0.4 is 26.8 Å². The van der Waals surface area contributed by atoms with Crippen LogP contribution in [0.25, 0.3) is 0 Å². The number of likely N-dealkylation sites (N-methyl/N-ethyl adjacent to an activating group) is 1. The van der Waals surface area contributed by atoms with Gasteiger partial charge in [0, 0.05) is 41.6 Å². The third-order valence-corrected chi connectivity index (χ3v) is 12.9. The standard InChI is InChI=1S/C27H26B.C27H33N2/c1-21-9-15-25(16-10-21)28(24-7-5-4-6-8-24,26-17-11-22(2)12-18-26)27-19-13-23(3)14-20-27;1-18-12-14-22-20(16-18)26(3,4)24(28(22)7)10-9-11-25-27(5,6)21-17-19(2)13-15-23(21)29(25)8/h4-20H,1-3H3;9-17H,1-8H3/q-1;+1. The molecule has 2 aliphatic heterocycles. The molecule has 0 fully saturated rings. The summed E-state index contributed by atoms with van der Waals surface area (Å²) in [5, 5.41) is 0. The van der Waals surface area contributed by atoms with Crippen molar-refractivity contribution in [2.24, 2.45) is 0 Å². The first-order chi connectivity index (χ1) is 27.1. The lowest BCUT2D eigenvalue weighted by Gasteiger charge is -2.44. The lowest BCUT2D eigenvalue weighted by atomic mass is 9.13. The Balaban J connectivity index is 0.000000174. The summed E-state index contributed by atoms with van der Waals surface area (Å²) in [5.74, 6) is 0. The van der Waals surface area contributed by atoms with Gasteiger partial charge in [0.1, 0.15) is 13.2 Å². The molecule has 57 heavy (non-hydrogen) atoms. The summed E-state index contributed by atoms with van der Waals surface area (Å²) in [6, 6.07) is 51.8. The van der Waals surface area contributed by atoms with Crippen molar-refractivity contribution in [3.63, 3.8) is 0 Å². The van der Waals surface area contributed by atoms with E-state index >= 15 is 0 Å². The van der Waals surface area contributed by atoms with E-state index in [2.05, 4.69) is 244 Å². The van der Waals surface area contributed by atoms with Gasteiger partial charge in [0.05, 0.1) is 5.41 Å². The molecule has 6 aromatic carbocycles. The van der Waals surface area contributed by atoms with E-state index in [0.29, 0.717) is 0 Å². The minimum Gasteiger partial charge on any atom is -0.347 e. The Labute approximate surface area is 342 Å². The van der Waals surface area contributed by atoms with E-state index in [1.165, 1.54) is 83.6 Å². The largest absolute Gasteiger partial charge is 0.347 e. The summed E-state index contributed by atoms with van der Waals surface area (Å²) < 4.78 is 2.34. The van der Waals surface area contributed by atoms with E-state index in [0.717, 1.165) is 0 Å². The van der Waals surface area contributed by atoms with Crippen LogP contribution in [0.4, 0.5) is 11.4 Å². The van der Waals surface area contributed by atoms with E-state index in [1.54, 1.807) is 0 Å². The minimum atomic E-state index is -1.26. The summed E-state index contributed by atoms with van der Waals surface area (Å²) >= 11 is 0. The van der Waals surface area contributed by atoms with Gasteiger partial charge in [0.15, 0.2) is 5.71 Å². The van der Waals surface area contributed by atoms with Crippen LogP contribution in [-0.2, 0) is 10.8 Å². The molecule has 2 aliphatic rings. The van der Waals surface area contributed by atoms with Crippen LogP contribution in [0.1, 0.15) is 66.6 Å². The van der Waals surface area contributed by atoms with E-state index in [9.17, 15) is 0 Å². The SMILES string of the molecule is Cc1ccc([B-](c2ccccc2)(c2ccc(C)cc2)c2ccc(C)cc2)cc1.Cc1ccc2c(c1)C(C)(C)C(/C=C/C=C1/N(C)c3ccc(C)cc3C1(C)C)=[N+]2C. The monoisotopic (exact) mass is 746 g/mol. The van der Waals surface area contributed by atoms with Crippen LogP contribution in [0.5, 0.6) is 0 Å². The number of nitrogens with zero attached hydrogens (tertiary/aromatic N) is 2. The zero-order valence-electron chi connectivity index (χ0n) is 36.0. The Morgan fingerprint density at radius 1 is 0.509 bits per heavy atom. The maximum absolute atomic E-state index is 2.34. The first kappa shape index (κ1) is 39.6. The molecule has 2 nitrogen and oxygen atoms in total. The van der Waals surface area contributed by atoms with Crippen LogP contribution in [0.15, 0.2) is 163 Å². The fourth-order valence-corrected chi connectivity index (χ4v) is 9.59. The molecule has 0 bridgehead atoms. The van der Waals surface area contributed by atoms with Crippen molar-refractivity contribution in [2.45, 2.75) is 73.1 Å². The lowest BCUT2D eigenvalue weighted by molar-refractivity contribution is -0.401. The molecule has 0 saturated heterocycles. The van der Waals surface area contributed by atoms with Crippen molar-refractivity contribution in [3.05, 3.63) is 202 Å². The third kappa shape index (κ3) is 7.14. The Morgan fingerprint density at radius 2 is 0.947 bits per heavy atom. The average molecular weight is 747 g/mol. The molecule has 0 unspecified atom stereocenters. The van der Waals surface area contributed by atoms with Crippen molar-refractivity contribution in [2.75, 3.05) is 19.0 Å². The second-order valence-electron chi connectivity index (χ2n) is 17.7. The summed E-state index contributed by atoms with van der Waals surface area (Å²) in [6.45, 7) is 20.1. The summed E-state index contributed by atoms with van der Waals surface area (Å²) in [6.07, 6.45) is 5.56. The number of aryl methyl sites for hydroxylation is 5. The predicted molar refractivity (Wildman–Crippen MR) is 249 cm³/mol. The Hall–Kier alpha value is -5.67. The molecule has 0 spiro atoms. The second-order valence-corrected chi connectivity index (χ2v) is 17.7. The molecular weight excluding hydrogens is 687 g/mol. The second kappa shape index (κ2) is 15.4. The Kier molecular flexibility index (Phi) is 10.7. The van der Waals surface area contributed by atoms with Gasteiger partial charge < -0.3 is 4.90 Å². The van der Waals surface area contributed by atoms with E-state index in [4.69, 9.17) is 0 Å². The Bertz CT molecular complexity index is 2390. The lowest BCUT2D eigenvalue weighted by Crippen LogP contribution is -2.74. The third-order valence-electron chi connectivity index (χ3n) is 12.9. The van der Waals surface area contributed by atoms with Gasteiger partial charge in [0.2, 0.25) is 5.69 Å². The molecule has 0 aromatic heterocycles. The fourth-order valence-electron chi connectivity index (χ4n) is 9.59. The smallest absolute Gasteiger partial charge is 0.209 e. The number of hydrogen-bond acceptors (Lipinski definition) is 1. The number of anilines is 1. The van der Waals surface area contributed by atoms with Crippen LogP contribution >= 0.6 is 0 Å². The molecule has 0 atom stereocenters. The number of rotatable bonds is 6. The van der Waals surface area contributed by atoms with E-state index < -0.39 is 6.15 Å². The zero-order chi connectivity index (χ0) is 40.7. The van der Waals surface area contributed by atoms with E-state index in [1.807, 2.05) is 0 Å². The summed E-state index contributed by atoms with van der Waals surface area (Å²) in [7, 11) is 4.36. The molecule has 2 heterocycles. The first-order valence-corrected chi connectivity index (χ1v) is 20.5. The van der Waals surface area contributed by atoms with Gasteiger partial charge in [-0.2, -0.15) is 26.4 Å². The highest BCUT2D eigenvalue weighted by molar-refractivity contribution is 7.19. The van der Waals surface area contributed by atoms with Crippen LogP contribution in [0, 0.1) is 34.6 Å². The molecule has 288 valence electrons. The van der Waals surface area contributed by atoms with Crippen molar-refractivity contribution < 1.29 is 4.58 Å². The van der Waals surface area contributed by atoms with Crippen molar-refractivity contribution >= 4 is 45.1 Å². The highest BCUT2D eigenvalue weighted by Crippen LogP contribution is 2.47. The van der Waals surface area contributed by atoms with Crippen molar-refractivity contribution in [1.29, 1.82) is 0 Å². The van der Waals surface area contributed by atoms with Gasteiger partial charge in [-0.05, 0) is 72.2 Å². The maximum atomic E-state index is 2.34. The first-order valence-electron chi connectivity index (χ1n) is 20.5. The minimum absolute atomic E-state index is 0.00226. The number of hydrogen-bond donors (Lipinski definition) is 0. The fraction of sp³-hybridized carbons (Fsp3) is 0.241. The number of fused-ring (bicyclic) bond motifs is 2. The average Bonchev–Trinajstić information content (AvgIpc) is 3.50. The topological polar surface area (TPSA) is 6.25 Å². The molecule has 8 rings (SSSR count). The molecule has 0 N–H and O–H groups in total. The summed E-state index contributed by atoms with van der Waals surface area (Å²) in [4.78, 5) is 2.34. The molecule has 0 amide bonds. The maximum Gasteiger partial charge on any atom is 0.209 e. The predicted octanol–water partition coefficient (Wildman–Crippen LogP) is 10.2. The van der Waals surface area contributed by atoms with Crippen LogP contribution in [0.2, 0.25) is 0 Å². The summed E-state index contributed by atoms with van der Waals surface area (Å²) in [5.41, 5.74) is 20.0. The van der Waals surface area contributed by atoms with Gasteiger partial charge in [-0.15, -0.1) is 0 Å². The zero-order valence-corrected chi connectivity index (χ0v) is 36.0. The quantitative estimate of drug-likeness (QED) is 0.122. The van der Waals surface area contributed by atoms with Crippen molar-refractivity contribution in [1.82, 2.24) is 0 Å². The van der Waals surface area contributed by atoms with Crippen molar-refractivity contribution in [3.8, 4) is 0 Å². The highest BCUT2D eigenvalue weighted by atomic mass is 15.2. The van der Waals surface area contributed by atoms with Crippen LogP contribution in [0.3, 0.4) is 0 Å². The van der Waals surface area contributed by atoms with Crippen LogP contribution in [-0.4, -0.2) is 30.5 Å². The molecule has 3 heteroatoms. The molecule has 0 radical (unpaired) electrons. The molecule has 6 aromatic rings. The van der Waals surface area contributed by atoms with Gasteiger partial charge in [0.25, 0.3) is 0 Å².